The molecule has 0 aliphatic carbocycles. The van der Waals surface area contributed by atoms with E-state index < -0.39 is 5.60 Å². The van der Waals surface area contributed by atoms with Gasteiger partial charge in [0.1, 0.15) is 5.75 Å². The Kier molecular flexibility index (Phi) is 4.45. The van der Waals surface area contributed by atoms with Crippen molar-refractivity contribution in [1.29, 1.82) is 0 Å². The van der Waals surface area contributed by atoms with E-state index in [1.807, 2.05) is 31.2 Å². The zero-order chi connectivity index (χ0) is 14.6. The van der Waals surface area contributed by atoms with Crippen LogP contribution in [0.5, 0.6) is 5.75 Å². The summed E-state index contributed by atoms with van der Waals surface area (Å²) in [4.78, 5) is 13.9. The molecule has 1 aromatic carbocycles. The van der Waals surface area contributed by atoms with Crippen LogP contribution in [0.4, 0.5) is 0 Å². The highest BCUT2D eigenvalue weighted by atomic mass is 16.5. The van der Waals surface area contributed by atoms with Crippen LogP contribution in [0.1, 0.15) is 25.3 Å². The van der Waals surface area contributed by atoms with Crippen molar-refractivity contribution in [3.05, 3.63) is 35.9 Å². The first-order valence-electron chi connectivity index (χ1n) is 6.84. The molecule has 1 saturated heterocycles. The average Bonchev–Trinajstić information content (AvgIpc) is 2.45. The predicted octanol–water partition coefficient (Wildman–Crippen LogP) is 2.08. The van der Waals surface area contributed by atoms with Gasteiger partial charge in [-0.05, 0) is 31.9 Å². The SMILES string of the molecule is COc1ccccc1/C=C/C(=O)N1CCC(C)(O)CC1. The standard InChI is InChI=1S/C16H21NO3/c1-16(19)9-11-17(12-10-16)15(18)8-7-13-5-3-4-6-14(13)20-2/h3-8,19H,9-12H2,1-2H3/b8-7+. The van der Waals surface area contributed by atoms with Gasteiger partial charge in [-0.3, -0.25) is 4.79 Å². The van der Waals surface area contributed by atoms with Crippen LogP contribution in [0.15, 0.2) is 30.3 Å². The van der Waals surface area contributed by atoms with Crippen LogP contribution >= 0.6 is 0 Å². The second-order valence-corrected chi connectivity index (χ2v) is 5.40. The molecule has 108 valence electrons. The summed E-state index contributed by atoms with van der Waals surface area (Å²) in [6.45, 7) is 3.02. The summed E-state index contributed by atoms with van der Waals surface area (Å²) in [6.07, 6.45) is 4.59. The monoisotopic (exact) mass is 275 g/mol. The van der Waals surface area contributed by atoms with E-state index in [4.69, 9.17) is 4.74 Å². The molecular weight excluding hydrogens is 254 g/mol. The Morgan fingerprint density at radius 2 is 2.00 bits per heavy atom. The highest BCUT2D eigenvalue weighted by Crippen LogP contribution is 2.22. The van der Waals surface area contributed by atoms with Crippen LogP contribution in [0.25, 0.3) is 6.08 Å². The number of para-hydroxylation sites is 1. The van der Waals surface area contributed by atoms with Gasteiger partial charge < -0.3 is 14.7 Å². The van der Waals surface area contributed by atoms with Gasteiger partial charge in [-0.15, -0.1) is 0 Å². The van der Waals surface area contributed by atoms with Gasteiger partial charge in [-0.1, -0.05) is 18.2 Å². The third-order valence-electron chi connectivity index (χ3n) is 3.70. The molecule has 1 N–H and O–H groups in total. The Morgan fingerprint density at radius 1 is 1.35 bits per heavy atom. The maximum absolute atomic E-state index is 12.1. The van der Waals surface area contributed by atoms with Gasteiger partial charge in [0.2, 0.25) is 5.91 Å². The van der Waals surface area contributed by atoms with Gasteiger partial charge in [0.05, 0.1) is 12.7 Å². The summed E-state index contributed by atoms with van der Waals surface area (Å²) < 4.78 is 5.24. The molecule has 0 saturated carbocycles. The lowest BCUT2D eigenvalue weighted by atomic mass is 9.94. The molecule has 1 heterocycles. The molecule has 0 bridgehead atoms. The largest absolute Gasteiger partial charge is 0.496 e. The minimum absolute atomic E-state index is 0.0218. The lowest BCUT2D eigenvalue weighted by molar-refractivity contribution is -0.129. The third-order valence-corrected chi connectivity index (χ3v) is 3.70. The second-order valence-electron chi connectivity index (χ2n) is 5.40. The number of likely N-dealkylation sites (tertiary alicyclic amines) is 1. The van der Waals surface area contributed by atoms with Crippen molar-refractivity contribution < 1.29 is 14.6 Å². The minimum atomic E-state index is -0.636. The number of hydrogen-bond donors (Lipinski definition) is 1. The first-order valence-corrected chi connectivity index (χ1v) is 6.84. The van der Waals surface area contributed by atoms with Gasteiger partial charge in [0.15, 0.2) is 0 Å². The lowest BCUT2D eigenvalue weighted by Crippen LogP contribution is -2.44. The fourth-order valence-electron chi connectivity index (χ4n) is 2.28. The smallest absolute Gasteiger partial charge is 0.246 e. The molecule has 1 fully saturated rings. The maximum Gasteiger partial charge on any atom is 0.246 e. The Bertz CT molecular complexity index is 498. The Hall–Kier alpha value is -1.81. The van der Waals surface area contributed by atoms with Gasteiger partial charge in [0, 0.05) is 24.7 Å². The molecule has 2 rings (SSSR count). The molecule has 0 spiro atoms. The molecular formula is C16H21NO3. The van der Waals surface area contributed by atoms with Crippen molar-refractivity contribution in [2.24, 2.45) is 0 Å². The van der Waals surface area contributed by atoms with Gasteiger partial charge >= 0.3 is 0 Å². The van der Waals surface area contributed by atoms with Crippen LogP contribution in [-0.4, -0.2) is 41.7 Å². The molecule has 0 atom stereocenters. The number of carbonyl (C=O) groups is 1. The number of amides is 1. The molecule has 0 aromatic heterocycles. The highest BCUT2D eigenvalue weighted by Gasteiger charge is 2.28. The minimum Gasteiger partial charge on any atom is -0.496 e. The van der Waals surface area contributed by atoms with E-state index in [0.29, 0.717) is 25.9 Å². The summed E-state index contributed by atoms with van der Waals surface area (Å²) in [5, 5.41) is 9.88. The number of ether oxygens (including phenoxy) is 1. The molecule has 1 amide bonds. The highest BCUT2D eigenvalue weighted by molar-refractivity contribution is 5.92. The normalized spacial score (nSPS) is 18.2. The van der Waals surface area contributed by atoms with E-state index in [2.05, 4.69) is 0 Å². The summed E-state index contributed by atoms with van der Waals surface area (Å²) in [5.74, 6) is 0.726. The van der Waals surface area contributed by atoms with E-state index in [-0.39, 0.29) is 5.91 Å². The summed E-state index contributed by atoms with van der Waals surface area (Å²) in [6, 6.07) is 7.57. The number of rotatable bonds is 3. The summed E-state index contributed by atoms with van der Waals surface area (Å²) in [7, 11) is 1.61. The third kappa shape index (κ3) is 3.61. The Morgan fingerprint density at radius 3 is 2.65 bits per heavy atom. The van der Waals surface area contributed by atoms with Crippen LogP contribution in [0.2, 0.25) is 0 Å². The zero-order valence-corrected chi connectivity index (χ0v) is 12.0. The summed E-state index contributed by atoms with van der Waals surface area (Å²) in [5.41, 5.74) is 0.246. The average molecular weight is 275 g/mol. The molecule has 4 heteroatoms. The van der Waals surface area contributed by atoms with E-state index in [1.54, 1.807) is 24.2 Å². The van der Waals surface area contributed by atoms with Crippen molar-refractivity contribution in [2.75, 3.05) is 20.2 Å². The van der Waals surface area contributed by atoms with Crippen LogP contribution in [0, 0.1) is 0 Å². The topological polar surface area (TPSA) is 49.8 Å². The quantitative estimate of drug-likeness (QED) is 0.859. The molecule has 1 aliphatic rings. The molecule has 20 heavy (non-hydrogen) atoms. The predicted molar refractivity (Wildman–Crippen MR) is 78.5 cm³/mol. The van der Waals surface area contributed by atoms with E-state index in [9.17, 15) is 9.90 Å². The van der Waals surface area contributed by atoms with Crippen LogP contribution in [-0.2, 0) is 4.79 Å². The van der Waals surface area contributed by atoms with Crippen molar-refractivity contribution >= 4 is 12.0 Å². The number of carbonyl (C=O) groups excluding carboxylic acids is 1. The molecule has 4 nitrogen and oxygen atoms in total. The zero-order valence-electron chi connectivity index (χ0n) is 12.0. The first kappa shape index (κ1) is 14.6. The van der Waals surface area contributed by atoms with Crippen molar-refractivity contribution in [2.45, 2.75) is 25.4 Å². The molecule has 0 unspecified atom stereocenters. The second kappa shape index (κ2) is 6.09. The summed E-state index contributed by atoms with van der Waals surface area (Å²) >= 11 is 0. The number of piperidine rings is 1. The van der Waals surface area contributed by atoms with E-state index in [0.717, 1.165) is 11.3 Å². The number of nitrogens with zero attached hydrogens (tertiary/aromatic N) is 1. The van der Waals surface area contributed by atoms with E-state index >= 15 is 0 Å². The van der Waals surface area contributed by atoms with Crippen LogP contribution in [0.3, 0.4) is 0 Å². The van der Waals surface area contributed by atoms with Gasteiger partial charge in [-0.2, -0.15) is 0 Å². The van der Waals surface area contributed by atoms with Gasteiger partial charge in [-0.25, -0.2) is 0 Å². The van der Waals surface area contributed by atoms with Crippen LogP contribution < -0.4 is 4.74 Å². The number of benzene rings is 1. The van der Waals surface area contributed by atoms with E-state index in [1.165, 1.54) is 0 Å². The fourth-order valence-corrected chi connectivity index (χ4v) is 2.28. The number of methoxy groups -OCH3 is 1. The Labute approximate surface area is 119 Å². The molecule has 1 aromatic rings. The first-order chi connectivity index (χ1) is 9.52. The van der Waals surface area contributed by atoms with Crippen molar-refractivity contribution in [3.8, 4) is 5.75 Å². The maximum atomic E-state index is 12.1. The molecule has 1 aliphatic heterocycles. The number of aliphatic hydroxyl groups is 1. The van der Waals surface area contributed by atoms with Gasteiger partial charge in [0.25, 0.3) is 0 Å². The molecule has 0 radical (unpaired) electrons. The Balaban J connectivity index is 1.99. The van der Waals surface area contributed by atoms with Crippen molar-refractivity contribution in [3.63, 3.8) is 0 Å². The number of hydrogen-bond acceptors (Lipinski definition) is 3. The van der Waals surface area contributed by atoms with Crippen molar-refractivity contribution in [1.82, 2.24) is 4.90 Å². The lowest BCUT2D eigenvalue weighted by Gasteiger charge is -2.35. The fraction of sp³-hybridized carbons (Fsp3) is 0.438.